The summed E-state index contributed by atoms with van der Waals surface area (Å²) in [6.07, 6.45) is 5.66. The van der Waals surface area contributed by atoms with Crippen LogP contribution >= 0.6 is 11.3 Å². The number of unbranched alkanes of at least 4 members (excludes halogenated alkanes) is 4. The predicted molar refractivity (Wildman–Crippen MR) is 185 cm³/mol. The van der Waals surface area contributed by atoms with Crippen molar-refractivity contribution in [2.24, 2.45) is 0 Å². The second-order valence-electron chi connectivity index (χ2n) is 11.2. The van der Waals surface area contributed by atoms with Crippen molar-refractivity contribution in [3.63, 3.8) is 0 Å². The largest absolute Gasteiger partial charge is 0.494 e. The number of nitrogens with one attached hydrogen (secondary N) is 2. The molecular formula is C37H40N2O8S. The predicted octanol–water partition coefficient (Wildman–Crippen LogP) is 7.31. The summed E-state index contributed by atoms with van der Waals surface area (Å²) in [6, 6.07) is 18.2. The van der Waals surface area contributed by atoms with E-state index in [0.29, 0.717) is 34.0 Å². The number of ether oxygens (including phenoxy) is 3. The van der Waals surface area contributed by atoms with Crippen LogP contribution in [-0.2, 0) is 11.2 Å². The fourth-order valence-electron chi connectivity index (χ4n) is 4.84. The molecule has 1 unspecified atom stereocenters. The van der Waals surface area contributed by atoms with E-state index in [4.69, 9.17) is 14.2 Å². The zero-order valence-electron chi connectivity index (χ0n) is 27.2. The van der Waals surface area contributed by atoms with Gasteiger partial charge in [-0.05, 0) is 96.6 Å². The van der Waals surface area contributed by atoms with Gasteiger partial charge >= 0.3 is 11.9 Å². The summed E-state index contributed by atoms with van der Waals surface area (Å²) in [7, 11) is 1.41. The number of esters is 1. The van der Waals surface area contributed by atoms with Crippen LogP contribution in [0.4, 0.5) is 5.69 Å². The number of carbonyl (C=O) groups excluding carboxylic acids is 3. The molecule has 0 bridgehead atoms. The van der Waals surface area contributed by atoms with E-state index in [1.54, 1.807) is 48.5 Å². The van der Waals surface area contributed by atoms with E-state index in [-0.39, 0.29) is 29.4 Å². The SMILES string of the molecule is CCCCCCCOc1ccc(C(=O)Oc2ccc(CC(NC(=O)c3ccc(NC(=O)c4sccc4C)cc3)C(=O)O)cc2OC)cc1. The lowest BCUT2D eigenvalue weighted by molar-refractivity contribution is -0.139. The van der Waals surface area contributed by atoms with Crippen LogP contribution in [0.25, 0.3) is 0 Å². The molecule has 4 aromatic rings. The van der Waals surface area contributed by atoms with E-state index in [0.717, 1.165) is 18.4 Å². The Morgan fingerprint density at radius 1 is 0.833 bits per heavy atom. The number of carbonyl (C=O) groups is 4. The van der Waals surface area contributed by atoms with E-state index in [9.17, 15) is 24.3 Å². The molecule has 48 heavy (non-hydrogen) atoms. The third-order valence-corrected chi connectivity index (χ3v) is 8.57. The smallest absolute Gasteiger partial charge is 0.343 e. The van der Waals surface area contributed by atoms with Gasteiger partial charge in [0.25, 0.3) is 11.8 Å². The highest BCUT2D eigenvalue weighted by molar-refractivity contribution is 7.12. The maximum Gasteiger partial charge on any atom is 0.343 e. The lowest BCUT2D eigenvalue weighted by atomic mass is 10.0. The third kappa shape index (κ3) is 10.2. The Bertz CT molecular complexity index is 1700. The number of aryl methyl sites for hydroxylation is 1. The van der Waals surface area contributed by atoms with Gasteiger partial charge in [-0.25, -0.2) is 9.59 Å². The summed E-state index contributed by atoms with van der Waals surface area (Å²) in [6.45, 7) is 4.65. The highest BCUT2D eigenvalue weighted by Crippen LogP contribution is 2.30. The summed E-state index contributed by atoms with van der Waals surface area (Å²) in [5.74, 6) is -1.58. The number of amides is 2. The molecule has 0 aliphatic rings. The Morgan fingerprint density at radius 2 is 1.54 bits per heavy atom. The molecule has 11 heteroatoms. The molecule has 3 aromatic carbocycles. The van der Waals surface area contributed by atoms with Gasteiger partial charge in [0.15, 0.2) is 11.5 Å². The summed E-state index contributed by atoms with van der Waals surface area (Å²) < 4.78 is 16.8. The van der Waals surface area contributed by atoms with Crippen molar-refractivity contribution >= 4 is 40.8 Å². The van der Waals surface area contributed by atoms with Gasteiger partial charge in [0, 0.05) is 17.7 Å². The molecule has 1 atom stereocenters. The minimum absolute atomic E-state index is 0.0555. The van der Waals surface area contributed by atoms with E-state index in [1.807, 2.05) is 18.4 Å². The monoisotopic (exact) mass is 672 g/mol. The van der Waals surface area contributed by atoms with Crippen LogP contribution in [-0.4, -0.2) is 48.6 Å². The molecule has 3 N–H and O–H groups in total. The average molecular weight is 673 g/mol. The van der Waals surface area contributed by atoms with Crippen LogP contribution in [0.3, 0.4) is 0 Å². The maximum atomic E-state index is 12.9. The highest BCUT2D eigenvalue weighted by atomic mass is 32.1. The summed E-state index contributed by atoms with van der Waals surface area (Å²) >= 11 is 1.34. The number of aliphatic carboxylic acids is 1. The lowest BCUT2D eigenvalue weighted by Gasteiger charge is -2.16. The number of anilines is 1. The van der Waals surface area contributed by atoms with Gasteiger partial charge in [0.05, 0.1) is 24.2 Å². The Kier molecular flexibility index (Phi) is 13.1. The summed E-state index contributed by atoms with van der Waals surface area (Å²) in [5.41, 5.74) is 2.47. The summed E-state index contributed by atoms with van der Waals surface area (Å²) in [4.78, 5) is 50.9. The molecule has 0 spiro atoms. The Labute approximate surface area is 284 Å². The van der Waals surface area contributed by atoms with Gasteiger partial charge < -0.3 is 30.0 Å². The molecule has 10 nitrogen and oxygen atoms in total. The number of carboxylic acid groups (broad SMARTS) is 1. The van der Waals surface area contributed by atoms with E-state index in [2.05, 4.69) is 17.6 Å². The zero-order valence-corrected chi connectivity index (χ0v) is 28.1. The normalized spacial score (nSPS) is 11.3. The van der Waals surface area contributed by atoms with Crippen molar-refractivity contribution in [1.29, 1.82) is 0 Å². The topological polar surface area (TPSA) is 140 Å². The molecule has 0 fully saturated rings. The van der Waals surface area contributed by atoms with E-state index >= 15 is 0 Å². The number of rotatable bonds is 17. The van der Waals surface area contributed by atoms with Gasteiger partial charge in [-0.3, -0.25) is 9.59 Å². The van der Waals surface area contributed by atoms with Gasteiger partial charge in [0.1, 0.15) is 11.8 Å². The first-order valence-electron chi connectivity index (χ1n) is 15.8. The maximum absolute atomic E-state index is 12.9. The van der Waals surface area contributed by atoms with Gasteiger partial charge in [-0.1, -0.05) is 38.7 Å². The molecule has 252 valence electrons. The quantitative estimate of drug-likeness (QED) is 0.0603. The minimum atomic E-state index is -1.26. The van der Waals surface area contributed by atoms with Crippen LogP contribution < -0.4 is 24.8 Å². The Morgan fingerprint density at radius 3 is 2.19 bits per heavy atom. The zero-order chi connectivity index (χ0) is 34.5. The molecular weight excluding hydrogens is 632 g/mol. The Balaban J connectivity index is 1.32. The summed E-state index contributed by atoms with van der Waals surface area (Å²) in [5, 5.41) is 17.0. The van der Waals surface area contributed by atoms with E-state index in [1.165, 1.54) is 55.9 Å². The first kappa shape index (κ1) is 35.7. The standard InChI is InChI=1S/C37H40N2O8S/c1-4-5-6-7-8-20-46-29-16-12-27(13-17-29)37(44)47-31-18-9-25(23-32(31)45-3)22-30(36(42)43)39-34(40)26-10-14-28(15-11-26)38-35(41)33-24(2)19-21-48-33/h9-19,21,23,30H,4-8,20,22H2,1-3H3,(H,38,41)(H,39,40)(H,42,43). The first-order chi connectivity index (χ1) is 23.2. The molecule has 0 saturated heterocycles. The van der Waals surface area contributed by atoms with Crippen LogP contribution in [0.2, 0.25) is 0 Å². The number of hydrogen-bond acceptors (Lipinski definition) is 8. The molecule has 0 aliphatic carbocycles. The minimum Gasteiger partial charge on any atom is -0.494 e. The van der Waals surface area contributed by atoms with Crippen molar-refractivity contribution in [2.45, 2.75) is 58.4 Å². The van der Waals surface area contributed by atoms with Crippen molar-refractivity contribution in [3.05, 3.63) is 105 Å². The second-order valence-corrected chi connectivity index (χ2v) is 12.1. The third-order valence-electron chi connectivity index (χ3n) is 7.55. The van der Waals surface area contributed by atoms with E-state index < -0.39 is 23.9 Å². The molecule has 0 saturated carbocycles. The Hall–Kier alpha value is -5.16. The first-order valence-corrected chi connectivity index (χ1v) is 16.7. The number of carboxylic acids is 1. The van der Waals surface area contributed by atoms with Crippen LogP contribution in [0.1, 0.15) is 80.5 Å². The van der Waals surface area contributed by atoms with Crippen molar-refractivity contribution in [2.75, 3.05) is 19.0 Å². The van der Waals surface area contributed by atoms with Crippen molar-refractivity contribution in [1.82, 2.24) is 5.32 Å². The van der Waals surface area contributed by atoms with Crippen molar-refractivity contribution < 1.29 is 38.5 Å². The van der Waals surface area contributed by atoms with Gasteiger partial charge in [0.2, 0.25) is 0 Å². The number of hydrogen-bond donors (Lipinski definition) is 3. The lowest BCUT2D eigenvalue weighted by Crippen LogP contribution is -2.42. The molecule has 1 aromatic heterocycles. The van der Waals surface area contributed by atoms with Gasteiger partial charge in [-0.2, -0.15) is 0 Å². The van der Waals surface area contributed by atoms with Crippen LogP contribution in [0.5, 0.6) is 17.2 Å². The number of benzene rings is 3. The fraction of sp³-hybridized carbons (Fsp3) is 0.297. The number of methoxy groups -OCH3 is 1. The highest BCUT2D eigenvalue weighted by Gasteiger charge is 2.23. The molecule has 2 amide bonds. The van der Waals surface area contributed by atoms with Crippen LogP contribution in [0, 0.1) is 6.92 Å². The van der Waals surface area contributed by atoms with Gasteiger partial charge in [-0.15, -0.1) is 11.3 Å². The fourth-order valence-corrected chi connectivity index (χ4v) is 5.66. The van der Waals surface area contributed by atoms with Crippen molar-refractivity contribution in [3.8, 4) is 17.2 Å². The molecule has 1 heterocycles. The molecule has 0 radical (unpaired) electrons. The van der Waals surface area contributed by atoms with Crippen LogP contribution in [0.15, 0.2) is 78.2 Å². The molecule has 4 rings (SSSR count). The average Bonchev–Trinajstić information content (AvgIpc) is 3.53. The number of thiophene rings is 1. The molecule has 0 aliphatic heterocycles. The second kappa shape index (κ2) is 17.7.